The minimum Gasteiger partial charge on any atom is -0.307 e. The van der Waals surface area contributed by atoms with Crippen molar-refractivity contribution in [1.82, 2.24) is 5.32 Å². The fourth-order valence-electron chi connectivity index (χ4n) is 2.73. The van der Waals surface area contributed by atoms with E-state index in [2.05, 4.69) is 63.3 Å². The maximum atomic E-state index is 6.18. The summed E-state index contributed by atoms with van der Waals surface area (Å²) in [5.74, 6) is 0. The molecule has 0 aromatic heterocycles. The van der Waals surface area contributed by atoms with Crippen molar-refractivity contribution in [2.75, 3.05) is 6.54 Å². The van der Waals surface area contributed by atoms with E-state index in [1.54, 1.807) is 0 Å². The van der Waals surface area contributed by atoms with Crippen LogP contribution in [0.2, 0.25) is 5.02 Å². The van der Waals surface area contributed by atoms with E-state index in [9.17, 15) is 0 Å². The van der Waals surface area contributed by atoms with E-state index in [1.165, 1.54) is 16.7 Å². The average Bonchev–Trinajstić information content (AvgIpc) is 2.44. The molecule has 0 bridgehead atoms. The van der Waals surface area contributed by atoms with Crippen molar-refractivity contribution in [1.29, 1.82) is 0 Å². The molecule has 2 aromatic rings. The molecule has 0 heterocycles. The van der Waals surface area contributed by atoms with Crippen LogP contribution in [0.25, 0.3) is 0 Å². The topological polar surface area (TPSA) is 12.0 Å². The van der Waals surface area contributed by atoms with E-state index in [1.807, 2.05) is 18.2 Å². The van der Waals surface area contributed by atoms with Crippen molar-refractivity contribution >= 4 is 11.6 Å². The molecule has 0 saturated carbocycles. The van der Waals surface area contributed by atoms with Crippen LogP contribution in [0.5, 0.6) is 0 Å². The van der Waals surface area contributed by atoms with Gasteiger partial charge in [-0.05, 0) is 40.8 Å². The van der Waals surface area contributed by atoms with Crippen molar-refractivity contribution in [3.05, 3.63) is 70.2 Å². The second kappa shape index (κ2) is 6.64. The van der Waals surface area contributed by atoms with Crippen molar-refractivity contribution in [2.24, 2.45) is 0 Å². The maximum Gasteiger partial charge on any atom is 0.0580 e. The largest absolute Gasteiger partial charge is 0.307 e. The number of nitrogens with one attached hydrogen (secondary N) is 1. The molecule has 0 amide bonds. The van der Waals surface area contributed by atoms with Crippen molar-refractivity contribution < 1.29 is 0 Å². The van der Waals surface area contributed by atoms with Crippen LogP contribution in [-0.2, 0) is 5.41 Å². The van der Waals surface area contributed by atoms with Crippen LogP contribution in [0.15, 0.2) is 48.5 Å². The molecule has 0 radical (unpaired) electrons. The molecule has 0 fully saturated rings. The van der Waals surface area contributed by atoms with Crippen molar-refractivity contribution in [3.8, 4) is 0 Å². The lowest BCUT2D eigenvalue weighted by Crippen LogP contribution is -2.26. The molecule has 1 atom stereocenters. The van der Waals surface area contributed by atoms with Gasteiger partial charge in [-0.25, -0.2) is 0 Å². The molecule has 112 valence electrons. The normalized spacial score (nSPS) is 13.2. The first-order chi connectivity index (χ1) is 9.93. The van der Waals surface area contributed by atoms with Gasteiger partial charge in [-0.3, -0.25) is 0 Å². The summed E-state index contributed by atoms with van der Waals surface area (Å²) >= 11 is 6.18. The SMILES string of the molecule is CCNC(c1cccc(Cl)c1)c1ccccc1C(C)(C)C. The van der Waals surface area contributed by atoms with Crippen LogP contribution in [-0.4, -0.2) is 6.54 Å². The number of rotatable bonds is 4. The van der Waals surface area contributed by atoms with Crippen LogP contribution in [0, 0.1) is 0 Å². The summed E-state index contributed by atoms with van der Waals surface area (Å²) in [7, 11) is 0. The minimum absolute atomic E-state index is 0.114. The zero-order valence-electron chi connectivity index (χ0n) is 13.3. The van der Waals surface area contributed by atoms with Gasteiger partial charge in [0.25, 0.3) is 0 Å². The predicted molar refractivity (Wildman–Crippen MR) is 92.1 cm³/mol. The summed E-state index contributed by atoms with van der Waals surface area (Å²) in [4.78, 5) is 0. The van der Waals surface area contributed by atoms with E-state index in [4.69, 9.17) is 11.6 Å². The molecule has 2 aromatic carbocycles. The smallest absolute Gasteiger partial charge is 0.0580 e. The van der Waals surface area contributed by atoms with Gasteiger partial charge in [0.2, 0.25) is 0 Å². The Bertz CT molecular complexity index is 599. The van der Waals surface area contributed by atoms with Gasteiger partial charge in [0, 0.05) is 5.02 Å². The minimum atomic E-state index is 0.114. The van der Waals surface area contributed by atoms with Gasteiger partial charge in [0.05, 0.1) is 6.04 Å². The number of hydrogen-bond donors (Lipinski definition) is 1. The molecule has 1 nitrogen and oxygen atoms in total. The number of hydrogen-bond acceptors (Lipinski definition) is 1. The zero-order valence-corrected chi connectivity index (χ0v) is 14.0. The fourth-order valence-corrected chi connectivity index (χ4v) is 2.93. The molecule has 1 unspecified atom stereocenters. The molecule has 1 N–H and O–H groups in total. The Hall–Kier alpha value is -1.31. The maximum absolute atomic E-state index is 6.18. The van der Waals surface area contributed by atoms with Gasteiger partial charge in [-0.2, -0.15) is 0 Å². The first kappa shape index (κ1) is 16.1. The second-order valence-electron chi connectivity index (χ2n) is 6.38. The van der Waals surface area contributed by atoms with Crippen LogP contribution in [0.3, 0.4) is 0 Å². The Morgan fingerprint density at radius 1 is 1.05 bits per heavy atom. The number of benzene rings is 2. The van der Waals surface area contributed by atoms with Crippen LogP contribution in [0.4, 0.5) is 0 Å². The Morgan fingerprint density at radius 2 is 1.76 bits per heavy atom. The standard InChI is InChI=1S/C19H24ClN/c1-5-21-18(14-9-8-10-15(20)13-14)16-11-6-7-12-17(16)19(2,3)4/h6-13,18,21H,5H2,1-4H3. The lowest BCUT2D eigenvalue weighted by molar-refractivity contribution is 0.557. The molecular formula is C19H24ClN. The lowest BCUT2D eigenvalue weighted by Gasteiger charge is -2.28. The Balaban J connectivity index is 2.54. The third kappa shape index (κ3) is 3.87. The third-order valence-corrected chi connectivity index (χ3v) is 3.91. The molecule has 0 aliphatic heterocycles. The third-order valence-electron chi connectivity index (χ3n) is 3.67. The Kier molecular flexibility index (Phi) is 5.08. The first-order valence-electron chi connectivity index (χ1n) is 7.51. The van der Waals surface area contributed by atoms with Gasteiger partial charge < -0.3 is 5.32 Å². The summed E-state index contributed by atoms with van der Waals surface area (Å²) in [5, 5.41) is 4.38. The number of halogens is 1. The molecule has 21 heavy (non-hydrogen) atoms. The van der Waals surface area contributed by atoms with E-state index >= 15 is 0 Å². The summed E-state index contributed by atoms with van der Waals surface area (Å²) in [6, 6.07) is 17.0. The summed E-state index contributed by atoms with van der Waals surface area (Å²) < 4.78 is 0. The summed E-state index contributed by atoms with van der Waals surface area (Å²) in [6.45, 7) is 9.82. The predicted octanol–water partition coefficient (Wildman–Crippen LogP) is 5.34. The monoisotopic (exact) mass is 301 g/mol. The average molecular weight is 302 g/mol. The first-order valence-corrected chi connectivity index (χ1v) is 7.89. The van der Waals surface area contributed by atoms with Gasteiger partial charge in [0.15, 0.2) is 0 Å². The quantitative estimate of drug-likeness (QED) is 0.804. The zero-order chi connectivity index (χ0) is 15.5. The molecule has 2 rings (SSSR count). The summed E-state index contributed by atoms with van der Waals surface area (Å²) in [6.07, 6.45) is 0. The molecular weight excluding hydrogens is 278 g/mol. The van der Waals surface area contributed by atoms with Gasteiger partial charge in [-0.1, -0.05) is 75.7 Å². The van der Waals surface area contributed by atoms with E-state index < -0.39 is 0 Å². The fraction of sp³-hybridized carbons (Fsp3) is 0.368. The van der Waals surface area contributed by atoms with E-state index in [0.717, 1.165) is 11.6 Å². The lowest BCUT2D eigenvalue weighted by atomic mass is 9.80. The molecule has 0 spiro atoms. The highest BCUT2D eigenvalue weighted by Crippen LogP contribution is 2.33. The van der Waals surface area contributed by atoms with E-state index in [0.29, 0.717) is 0 Å². The highest BCUT2D eigenvalue weighted by Gasteiger charge is 2.23. The van der Waals surface area contributed by atoms with E-state index in [-0.39, 0.29) is 11.5 Å². The Morgan fingerprint density at radius 3 is 2.38 bits per heavy atom. The summed E-state index contributed by atoms with van der Waals surface area (Å²) in [5.41, 5.74) is 4.02. The molecule has 0 aliphatic rings. The Labute approximate surface area is 133 Å². The van der Waals surface area contributed by atoms with Crippen LogP contribution >= 0.6 is 11.6 Å². The molecule has 2 heteroatoms. The highest BCUT2D eigenvalue weighted by atomic mass is 35.5. The van der Waals surface area contributed by atoms with Crippen LogP contribution < -0.4 is 5.32 Å². The second-order valence-corrected chi connectivity index (χ2v) is 6.82. The van der Waals surface area contributed by atoms with Crippen molar-refractivity contribution in [2.45, 2.75) is 39.2 Å². The van der Waals surface area contributed by atoms with Crippen molar-refractivity contribution in [3.63, 3.8) is 0 Å². The molecule has 0 saturated heterocycles. The van der Waals surface area contributed by atoms with Crippen LogP contribution in [0.1, 0.15) is 50.4 Å². The van der Waals surface area contributed by atoms with Gasteiger partial charge >= 0.3 is 0 Å². The van der Waals surface area contributed by atoms with Gasteiger partial charge in [-0.15, -0.1) is 0 Å². The molecule has 0 aliphatic carbocycles. The highest BCUT2D eigenvalue weighted by molar-refractivity contribution is 6.30. The van der Waals surface area contributed by atoms with Gasteiger partial charge in [0.1, 0.15) is 0 Å².